The Hall–Kier alpha value is -2.31. The van der Waals surface area contributed by atoms with Crippen LogP contribution in [0.3, 0.4) is 0 Å². The summed E-state index contributed by atoms with van der Waals surface area (Å²) in [5.74, 6) is -3.73. The number of nitrogens with one attached hydrogen (secondary N) is 1. The SMILES string of the molecule is CC[C@@H](/C=C/c1ccccc1)[C@H](NC(=O)C(F)(F)F)C(=O)OC(C)(C)C. The van der Waals surface area contributed by atoms with Crippen LogP contribution in [0.1, 0.15) is 39.7 Å². The van der Waals surface area contributed by atoms with Crippen molar-refractivity contribution < 1.29 is 27.5 Å². The van der Waals surface area contributed by atoms with Crippen molar-refractivity contribution >= 4 is 18.0 Å². The third-order valence-corrected chi connectivity index (χ3v) is 3.44. The molecule has 1 aromatic carbocycles. The first-order valence-corrected chi connectivity index (χ1v) is 8.28. The van der Waals surface area contributed by atoms with Crippen LogP contribution >= 0.6 is 0 Å². The van der Waals surface area contributed by atoms with Gasteiger partial charge in [-0.15, -0.1) is 0 Å². The lowest BCUT2D eigenvalue weighted by molar-refractivity contribution is -0.177. The molecule has 1 amide bonds. The molecule has 144 valence electrons. The minimum absolute atomic E-state index is 0.339. The summed E-state index contributed by atoms with van der Waals surface area (Å²) in [6, 6.07) is 7.67. The molecule has 0 fully saturated rings. The van der Waals surface area contributed by atoms with E-state index in [2.05, 4.69) is 0 Å². The fraction of sp³-hybridized carbons (Fsp3) is 0.474. The van der Waals surface area contributed by atoms with E-state index in [1.807, 2.05) is 30.3 Å². The number of hydrogen-bond acceptors (Lipinski definition) is 3. The molecule has 4 nitrogen and oxygen atoms in total. The van der Waals surface area contributed by atoms with E-state index in [-0.39, 0.29) is 0 Å². The standard InChI is InChI=1S/C19H24F3NO3/c1-5-14(12-11-13-9-7-6-8-10-13)15(16(24)26-18(2,3)4)23-17(25)19(20,21)22/h6-12,14-15H,5H2,1-4H3,(H,23,25)/b12-11+/t14-,15-/m0/s1. The lowest BCUT2D eigenvalue weighted by Gasteiger charge is -2.28. The van der Waals surface area contributed by atoms with Gasteiger partial charge in [-0.25, -0.2) is 4.79 Å². The van der Waals surface area contributed by atoms with Crippen LogP contribution in [-0.4, -0.2) is 29.7 Å². The summed E-state index contributed by atoms with van der Waals surface area (Å²) in [6.07, 6.45) is -1.43. The largest absolute Gasteiger partial charge is 0.471 e. The van der Waals surface area contributed by atoms with Crippen LogP contribution in [0.25, 0.3) is 6.08 Å². The summed E-state index contributed by atoms with van der Waals surface area (Å²) in [5, 5.41) is 1.78. The van der Waals surface area contributed by atoms with Gasteiger partial charge in [-0.2, -0.15) is 13.2 Å². The minimum Gasteiger partial charge on any atom is -0.458 e. The quantitative estimate of drug-likeness (QED) is 0.766. The Balaban J connectivity index is 3.08. The van der Waals surface area contributed by atoms with Crippen LogP contribution in [0.4, 0.5) is 13.2 Å². The molecular weight excluding hydrogens is 347 g/mol. The normalized spacial score (nSPS) is 14.7. The Morgan fingerprint density at radius 2 is 1.73 bits per heavy atom. The number of carbonyl (C=O) groups excluding carboxylic acids is 2. The Morgan fingerprint density at radius 1 is 1.15 bits per heavy atom. The molecule has 1 aromatic rings. The molecule has 2 atom stereocenters. The van der Waals surface area contributed by atoms with Crippen LogP contribution in [-0.2, 0) is 14.3 Å². The van der Waals surface area contributed by atoms with Gasteiger partial charge in [0.05, 0.1) is 0 Å². The Morgan fingerprint density at radius 3 is 2.19 bits per heavy atom. The maximum Gasteiger partial charge on any atom is 0.471 e. The van der Waals surface area contributed by atoms with Crippen molar-refractivity contribution in [3.8, 4) is 0 Å². The number of amides is 1. The van der Waals surface area contributed by atoms with Gasteiger partial charge in [0.1, 0.15) is 11.6 Å². The summed E-state index contributed by atoms with van der Waals surface area (Å²) >= 11 is 0. The van der Waals surface area contributed by atoms with Crippen LogP contribution in [0.5, 0.6) is 0 Å². The Kier molecular flexibility index (Phi) is 7.41. The van der Waals surface area contributed by atoms with Gasteiger partial charge in [-0.05, 0) is 32.8 Å². The average Bonchev–Trinajstić information content (AvgIpc) is 2.52. The molecule has 0 aliphatic rings. The second kappa shape index (κ2) is 8.87. The van der Waals surface area contributed by atoms with Gasteiger partial charge in [0.2, 0.25) is 0 Å². The number of halogens is 3. The van der Waals surface area contributed by atoms with E-state index in [9.17, 15) is 22.8 Å². The number of rotatable bonds is 6. The lowest BCUT2D eigenvalue weighted by atomic mass is 9.95. The zero-order chi connectivity index (χ0) is 20.0. The number of ether oxygens (including phenoxy) is 1. The fourth-order valence-electron chi connectivity index (χ4n) is 2.21. The van der Waals surface area contributed by atoms with Gasteiger partial charge in [0.15, 0.2) is 0 Å². The molecule has 26 heavy (non-hydrogen) atoms. The molecule has 0 saturated heterocycles. The topological polar surface area (TPSA) is 55.4 Å². The molecule has 1 rings (SSSR count). The highest BCUT2D eigenvalue weighted by Crippen LogP contribution is 2.21. The molecule has 0 aliphatic carbocycles. The van der Waals surface area contributed by atoms with Crippen molar-refractivity contribution in [3.05, 3.63) is 42.0 Å². The average molecular weight is 371 g/mol. The van der Waals surface area contributed by atoms with E-state index in [0.717, 1.165) is 5.56 Å². The van der Waals surface area contributed by atoms with Crippen LogP contribution in [0.2, 0.25) is 0 Å². The zero-order valence-electron chi connectivity index (χ0n) is 15.3. The highest BCUT2D eigenvalue weighted by atomic mass is 19.4. The Labute approximate surface area is 151 Å². The van der Waals surface area contributed by atoms with Crippen LogP contribution < -0.4 is 5.32 Å². The molecule has 0 aliphatic heterocycles. The highest BCUT2D eigenvalue weighted by molar-refractivity contribution is 5.88. The molecule has 0 heterocycles. The van der Waals surface area contributed by atoms with Crippen LogP contribution in [0, 0.1) is 5.92 Å². The van der Waals surface area contributed by atoms with E-state index in [1.54, 1.807) is 45.2 Å². The molecule has 7 heteroatoms. The van der Waals surface area contributed by atoms with Gasteiger partial charge in [0, 0.05) is 5.92 Å². The predicted octanol–water partition coefficient (Wildman–Crippen LogP) is 4.11. The van der Waals surface area contributed by atoms with Gasteiger partial charge in [-0.3, -0.25) is 4.79 Å². The molecule has 0 saturated carbocycles. The van der Waals surface area contributed by atoms with Crippen molar-refractivity contribution in [3.63, 3.8) is 0 Å². The third kappa shape index (κ3) is 7.29. The van der Waals surface area contributed by atoms with Crippen molar-refractivity contribution in [1.82, 2.24) is 5.32 Å². The third-order valence-electron chi connectivity index (χ3n) is 3.44. The molecule has 0 bridgehead atoms. The summed E-state index contributed by atoms with van der Waals surface area (Å²) in [7, 11) is 0. The first-order chi connectivity index (χ1) is 11.9. The number of esters is 1. The minimum atomic E-state index is -5.08. The smallest absolute Gasteiger partial charge is 0.458 e. The van der Waals surface area contributed by atoms with E-state index >= 15 is 0 Å². The summed E-state index contributed by atoms with van der Waals surface area (Å²) < 4.78 is 43.1. The molecule has 0 aromatic heterocycles. The Bertz CT molecular complexity index is 634. The fourth-order valence-corrected chi connectivity index (χ4v) is 2.21. The molecular formula is C19H24F3NO3. The highest BCUT2D eigenvalue weighted by Gasteiger charge is 2.42. The summed E-state index contributed by atoms with van der Waals surface area (Å²) in [4.78, 5) is 23.8. The summed E-state index contributed by atoms with van der Waals surface area (Å²) in [5.41, 5.74) is -0.0595. The van der Waals surface area contributed by atoms with Gasteiger partial charge in [-0.1, -0.05) is 49.4 Å². The number of hydrogen-bond donors (Lipinski definition) is 1. The monoisotopic (exact) mass is 371 g/mol. The molecule has 1 N–H and O–H groups in total. The number of benzene rings is 1. The molecule has 0 unspecified atom stereocenters. The first-order valence-electron chi connectivity index (χ1n) is 8.28. The van der Waals surface area contributed by atoms with Crippen LogP contribution in [0.15, 0.2) is 36.4 Å². The molecule has 0 radical (unpaired) electrons. The van der Waals surface area contributed by atoms with E-state index < -0.39 is 35.6 Å². The van der Waals surface area contributed by atoms with Crippen molar-refractivity contribution in [2.45, 2.75) is 51.9 Å². The second-order valence-corrected chi connectivity index (χ2v) is 6.82. The van der Waals surface area contributed by atoms with Gasteiger partial charge in [0.25, 0.3) is 0 Å². The summed E-state index contributed by atoms with van der Waals surface area (Å²) in [6.45, 7) is 6.54. The first kappa shape index (κ1) is 21.7. The van der Waals surface area contributed by atoms with Gasteiger partial charge < -0.3 is 10.1 Å². The van der Waals surface area contributed by atoms with E-state index in [1.165, 1.54) is 0 Å². The number of alkyl halides is 3. The van der Waals surface area contributed by atoms with Crippen molar-refractivity contribution in [2.24, 2.45) is 5.92 Å². The van der Waals surface area contributed by atoms with Crippen molar-refractivity contribution in [2.75, 3.05) is 0 Å². The number of carbonyl (C=O) groups is 2. The lowest BCUT2D eigenvalue weighted by Crippen LogP contribution is -2.51. The van der Waals surface area contributed by atoms with Gasteiger partial charge >= 0.3 is 18.1 Å². The zero-order valence-corrected chi connectivity index (χ0v) is 15.3. The van der Waals surface area contributed by atoms with Crippen molar-refractivity contribution in [1.29, 1.82) is 0 Å². The molecule has 0 spiro atoms. The maximum atomic E-state index is 12.6. The van der Waals surface area contributed by atoms with E-state index in [0.29, 0.717) is 6.42 Å². The predicted molar refractivity (Wildman–Crippen MR) is 93.1 cm³/mol. The van der Waals surface area contributed by atoms with E-state index in [4.69, 9.17) is 4.74 Å². The second-order valence-electron chi connectivity index (χ2n) is 6.82. The maximum absolute atomic E-state index is 12.6.